The van der Waals surface area contributed by atoms with Crippen LogP contribution in [0.1, 0.15) is 37.5 Å². The largest absolute Gasteiger partial charge is 0.444 e. The molecule has 0 aliphatic rings. The number of nitrogens with one attached hydrogen (secondary N) is 1. The van der Waals surface area contributed by atoms with Crippen LogP contribution in [0.3, 0.4) is 0 Å². The first kappa shape index (κ1) is 20.9. The summed E-state index contributed by atoms with van der Waals surface area (Å²) in [4.78, 5) is 11.9. The van der Waals surface area contributed by atoms with Gasteiger partial charge >= 0.3 is 6.09 Å². The second-order valence-corrected chi connectivity index (χ2v) is 8.76. The molecule has 2 aromatic rings. The maximum atomic E-state index is 12.0. The maximum absolute atomic E-state index is 12.0. The number of para-hydroxylation sites is 1. The second-order valence-electron chi connectivity index (χ2n) is 7.37. The van der Waals surface area contributed by atoms with Gasteiger partial charge in [0.15, 0.2) is 0 Å². The summed E-state index contributed by atoms with van der Waals surface area (Å²) in [5.74, 6) is 0. The van der Waals surface area contributed by atoms with Gasteiger partial charge in [0.1, 0.15) is 5.60 Å². The van der Waals surface area contributed by atoms with Crippen molar-refractivity contribution in [2.75, 3.05) is 5.32 Å². The lowest BCUT2D eigenvalue weighted by Gasteiger charge is -2.20. The maximum Gasteiger partial charge on any atom is 0.412 e. The number of ether oxygens (including phenoxy) is 1. The van der Waals surface area contributed by atoms with Gasteiger partial charge < -0.3 is 4.74 Å². The van der Waals surface area contributed by atoms with Gasteiger partial charge in [-0.1, -0.05) is 35.9 Å². The SMILES string of the molecule is Cc1ccc(S(=O)(=O)O)c(CCc2ccccc2NC(=O)OC(C)(C)C)c1. The molecule has 0 heterocycles. The molecule has 0 aliphatic heterocycles. The Morgan fingerprint density at radius 2 is 1.70 bits per heavy atom. The summed E-state index contributed by atoms with van der Waals surface area (Å²) in [7, 11) is -4.29. The third-order valence-corrected chi connectivity index (χ3v) is 4.76. The van der Waals surface area contributed by atoms with E-state index in [4.69, 9.17) is 4.74 Å². The van der Waals surface area contributed by atoms with Crippen LogP contribution in [0.2, 0.25) is 0 Å². The number of carbonyl (C=O) groups excluding carboxylic acids is 1. The molecule has 27 heavy (non-hydrogen) atoms. The average Bonchev–Trinajstić information content (AvgIpc) is 2.51. The molecule has 0 unspecified atom stereocenters. The van der Waals surface area contributed by atoms with Crippen LogP contribution >= 0.6 is 0 Å². The molecule has 0 spiro atoms. The predicted octanol–water partition coefficient (Wildman–Crippen LogP) is 4.37. The van der Waals surface area contributed by atoms with Crippen LogP contribution < -0.4 is 5.32 Å². The Labute approximate surface area is 160 Å². The summed E-state index contributed by atoms with van der Waals surface area (Å²) >= 11 is 0. The number of aryl methyl sites for hydroxylation is 3. The number of carbonyl (C=O) groups is 1. The van der Waals surface area contributed by atoms with E-state index < -0.39 is 21.8 Å². The van der Waals surface area contributed by atoms with Crippen molar-refractivity contribution < 1.29 is 22.5 Å². The Kier molecular flexibility index (Phi) is 6.28. The minimum Gasteiger partial charge on any atom is -0.444 e. The molecular formula is C20H25NO5S. The number of benzene rings is 2. The van der Waals surface area contributed by atoms with Gasteiger partial charge in [0, 0.05) is 5.69 Å². The van der Waals surface area contributed by atoms with Gasteiger partial charge in [-0.2, -0.15) is 8.42 Å². The first-order valence-corrected chi connectivity index (χ1v) is 10.0. The number of anilines is 1. The lowest BCUT2D eigenvalue weighted by Crippen LogP contribution is -2.27. The first-order valence-electron chi connectivity index (χ1n) is 8.60. The van der Waals surface area contributed by atoms with E-state index in [1.165, 1.54) is 6.07 Å². The molecule has 0 radical (unpaired) electrons. The van der Waals surface area contributed by atoms with Gasteiger partial charge in [-0.25, -0.2) is 4.79 Å². The van der Waals surface area contributed by atoms with Gasteiger partial charge in [-0.05, 0) is 63.8 Å². The molecule has 0 fully saturated rings. The van der Waals surface area contributed by atoms with E-state index in [0.29, 0.717) is 24.1 Å². The molecule has 2 aromatic carbocycles. The molecule has 0 aliphatic carbocycles. The molecular weight excluding hydrogens is 366 g/mol. The molecule has 2 N–H and O–H groups in total. The van der Waals surface area contributed by atoms with Crippen LogP contribution in [0.5, 0.6) is 0 Å². The Morgan fingerprint density at radius 1 is 1.07 bits per heavy atom. The highest BCUT2D eigenvalue weighted by molar-refractivity contribution is 7.85. The number of hydrogen-bond donors (Lipinski definition) is 2. The zero-order chi connectivity index (χ0) is 20.2. The summed E-state index contributed by atoms with van der Waals surface area (Å²) in [5, 5.41) is 2.73. The van der Waals surface area contributed by atoms with Gasteiger partial charge in [-0.15, -0.1) is 0 Å². The average molecular weight is 391 g/mol. The third kappa shape index (κ3) is 6.37. The molecule has 2 rings (SSSR count). The summed E-state index contributed by atoms with van der Waals surface area (Å²) in [6, 6.07) is 12.1. The third-order valence-electron chi connectivity index (χ3n) is 3.81. The zero-order valence-electron chi connectivity index (χ0n) is 15.9. The van der Waals surface area contributed by atoms with Crippen LogP contribution in [-0.4, -0.2) is 24.7 Å². The second kappa shape index (κ2) is 8.10. The van der Waals surface area contributed by atoms with Gasteiger partial charge in [0.05, 0.1) is 4.90 Å². The highest BCUT2D eigenvalue weighted by atomic mass is 32.2. The van der Waals surface area contributed by atoms with Crippen LogP contribution in [0.4, 0.5) is 10.5 Å². The molecule has 0 saturated heterocycles. The van der Waals surface area contributed by atoms with E-state index in [2.05, 4.69) is 5.32 Å². The highest BCUT2D eigenvalue weighted by Crippen LogP contribution is 2.23. The summed E-state index contributed by atoms with van der Waals surface area (Å²) in [5.41, 5.74) is 2.27. The minimum absolute atomic E-state index is 0.0920. The van der Waals surface area contributed by atoms with Crippen LogP contribution in [0.25, 0.3) is 0 Å². The van der Waals surface area contributed by atoms with Gasteiger partial charge in [-0.3, -0.25) is 9.87 Å². The Balaban J connectivity index is 2.21. The monoisotopic (exact) mass is 391 g/mol. The predicted molar refractivity (Wildman–Crippen MR) is 105 cm³/mol. The fourth-order valence-electron chi connectivity index (χ4n) is 2.70. The zero-order valence-corrected chi connectivity index (χ0v) is 16.8. The molecule has 6 nitrogen and oxygen atoms in total. The van der Waals surface area contributed by atoms with Gasteiger partial charge in [0.2, 0.25) is 0 Å². The molecule has 146 valence electrons. The van der Waals surface area contributed by atoms with Crippen molar-refractivity contribution in [3.63, 3.8) is 0 Å². The van der Waals surface area contributed by atoms with E-state index in [0.717, 1.165) is 11.1 Å². The van der Waals surface area contributed by atoms with E-state index >= 15 is 0 Å². The standard InChI is InChI=1S/C20H25NO5S/c1-14-9-12-18(27(23,24)25)16(13-14)11-10-15-7-5-6-8-17(15)21-19(22)26-20(2,3)4/h5-9,12-13H,10-11H2,1-4H3,(H,21,22)(H,23,24,25). The summed E-state index contributed by atoms with van der Waals surface area (Å²) in [6.45, 7) is 7.21. The van der Waals surface area contributed by atoms with Crippen molar-refractivity contribution in [1.82, 2.24) is 0 Å². The number of amides is 1. The van der Waals surface area contributed by atoms with Crippen molar-refractivity contribution in [3.8, 4) is 0 Å². The first-order chi connectivity index (χ1) is 12.5. The van der Waals surface area contributed by atoms with Crippen molar-refractivity contribution in [2.24, 2.45) is 0 Å². The molecule has 0 saturated carbocycles. The number of rotatable bonds is 5. The van der Waals surface area contributed by atoms with Crippen molar-refractivity contribution in [3.05, 3.63) is 59.2 Å². The van der Waals surface area contributed by atoms with E-state index in [1.54, 1.807) is 45.0 Å². The Bertz CT molecular complexity index is 930. The molecule has 0 bridgehead atoms. The topological polar surface area (TPSA) is 92.7 Å². The summed E-state index contributed by atoms with van der Waals surface area (Å²) < 4.78 is 37.9. The molecule has 0 aromatic heterocycles. The quantitative estimate of drug-likeness (QED) is 0.738. The smallest absolute Gasteiger partial charge is 0.412 e. The van der Waals surface area contributed by atoms with Crippen molar-refractivity contribution in [1.29, 1.82) is 0 Å². The van der Waals surface area contributed by atoms with Crippen molar-refractivity contribution >= 4 is 21.9 Å². The fourth-order valence-corrected chi connectivity index (χ4v) is 3.43. The Morgan fingerprint density at radius 3 is 2.33 bits per heavy atom. The lowest BCUT2D eigenvalue weighted by molar-refractivity contribution is 0.0635. The van der Waals surface area contributed by atoms with E-state index in [1.807, 2.05) is 19.1 Å². The van der Waals surface area contributed by atoms with Crippen LogP contribution in [0.15, 0.2) is 47.4 Å². The van der Waals surface area contributed by atoms with Crippen LogP contribution in [0, 0.1) is 6.92 Å². The number of hydrogen-bond acceptors (Lipinski definition) is 4. The van der Waals surface area contributed by atoms with E-state index in [9.17, 15) is 17.8 Å². The highest BCUT2D eigenvalue weighted by Gasteiger charge is 2.18. The fraction of sp³-hybridized carbons (Fsp3) is 0.350. The normalized spacial score (nSPS) is 11.9. The summed E-state index contributed by atoms with van der Waals surface area (Å²) in [6.07, 6.45) is 0.325. The van der Waals surface area contributed by atoms with Crippen LogP contribution in [-0.2, 0) is 27.7 Å². The Hall–Kier alpha value is -2.38. The minimum atomic E-state index is -4.29. The molecule has 1 amide bonds. The van der Waals surface area contributed by atoms with E-state index in [-0.39, 0.29) is 4.90 Å². The molecule has 0 atom stereocenters. The van der Waals surface area contributed by atoms with Crippen molar-refractivity contribution in [2.45, 2.75) is 51.0 Å². The van der Waals surface area contributed by atoms with Gasteiger partial charge in [0.25, 0.3) is 10.1 Å². The molecule has 7 heteroatoms. The lowest BCUT2D eigenvalue weighted by atomic mass is 10.0.